The van der Waals surface area contributed by atoms with Crippen molar-refractivity contribution in [2.75, 3.05) is 10.2 Å². The van der Waals surface area contributed by atoms with E-state index in [2.05, 4.69) is 20.9 Å². The summed E-state index contributed by atoms with van der Waals surface area (Å²) in [6.45, 7) is 6.55. The normalized spacial score (nSPS) is 12.1. The first-order valence-electron chi connectivity index (χ1n) is 12.1. The number of para-hydroxylation sites is 1. The van der Waals surface area contributed by atoms with Crippen molar-refractivity contribution in [2.45, 2.75) is 45.8 Å². The molecular formula is C28H29FN6O3. The summed E-state index contributed by atoms with van der Waals surface area (Å²) < 4.78 is 16.6. The number of hydrogen-bond donors (Lipinski definition) is 2. The Morgan fingerprint density at radius 2 is 1.63 bits per heavy atom. The lowest BCUT2D eigenvalue weighted by Gasteiger charge is -2.34. The third-order valence-corrected chi connectivity index (χ3v) is 5.64. The summed E-state index contributed by atoms with van der Waals surface area (Å²) in [7, 11) is 0. The molecule has 0 saturated heterocycles. The highest BCUT2D eigenvalue weighted by Crippen LogP contribution is 2.31. The minimum atomic E-state index is -1.33. The van der Waals surface area contributed by atoms with Gasteiger partial charge in [-0.15, -0.1) is 5.10 Å². The second-order valence-electron chi connectivity index (χ2n) is 9.89. The number of nitrogens with one attached hydrogen (secondary N) is 2. The first-order valence-corrected chi connectivity index (χ1v) is 12.1. The van der Waals surface area contributed by atoms with Gasteiger partial charge in [0.25, 0.3) is 0 Å². The Morgan fingerprint density at radius 3 is 2.29 bits per heavy atom. The standard InChI is InChI=1S/C28H29FN6O3/c1-18(36)30-19-13-15-20(16-14-19)35(25(37)17-34-24-12-8-7-11-23(24)32-33-34)26(27(38)31-28(2,3)4)21-9-5-6-10-22(21)29/h5-16,26H,17H2,1-4H3,(H,30,36)(H,31,38)/t26-/m1/s1. The lowest BCUT2D eigenvalue weighted by molar-refractivity contribution is -0.128. The fourth-order valence-corrected chi connectivity index (χ4v) is 4.12. The maximum atomic E-state index is 15.2. The number of benzene rings is 3. The molecule has 0 spiro atoms. The van der Waals surface area contributed by atoms with E-state index in [1.807, 2.05) is 12.1 Å². The smallest absolute Gasteiger partial charge is 0.249 e. The summed E-state index contributed by atoms with van der Waals surface area (Å²) in [5.41, 5.74) is 1.50. The zero-order chi connectivity index (χ0) is 27.4. The van der Waals surface area contributed by atoms with E-state index in [0.717, 1.165) is 0 Å². The molecule has 0 aliphatic heterocycles. The number of hydrogen-bond acceptors (Lipinski definition) is 5. The molecule has 38 heavy (non-hydrogen) atoms. The maximum absolute atomic E-state index is 15.2. The Bertz CT molecular complexity index is 1480. The summed E-state index contributed by atoms with van der Waals surface area (Å²) in [6.07, 6.45) is 0. The maximum Gasteiger partial charge on any atom is 0.249 e. The summed E-state index contributed by atoms with van der Waals surface area (Å²) in [5, 5.41) is 13.8. The van der Waals surface area contributed by atoms with Crippen molar-refractivity contribution in [1.29, 1.82) is 0 Å². The molecule has 4 rings (SSSR count). The molecule has 9 nitrogen and oxygen atoms in total. The number of rotatable bonds is 7. The van der Waals surface area contributed by atoms with Gasteiger partial charge in [-0.05, 0) is 63.2 Å². The highest BCUT2D eigenvalue weighted by atomic mass is 19.1. The van der Waals surface area contributed by atoms with Gasteiger partial charge < -0.3 is 10.6 Å². The molecular weight excluding hydrogens is 487 g/mol. The third-order valence-electron chi connectivity index (χ3n) is 5.64. The number of halogens is 1. The molecule has 196 valence electrons. The van der Waals surface area contributed by atoms with E-state index in [0.29, 0.717) is 22.4 Å². The molecule has 1 atom stereocenters. The topological polar surface area (TPSA) is 109 Å². The van der Waals surface area contributed by atoms with Gasteiger partial charge in [0.1, 0.15) is 23.9 Å². The van der Waals surface area contributed by atoms with Crippen LogP contribution in [-0.4, -0.2) is 38.3 Å². The molecule has 0 radical (unpaired) electrons. The van der Waals surface area contributed by atoms with E-state index in [4.69, 9.17) is 0 Å². The predicted octanol–water partition coefficient (Wildman–Crippen LogP) is 4.22. The lowest BCUT2D eigenvalue weighted by atomic mass is 10.00. The van der Waals surface area contributed by atoms with Gasteiger partial charge in [0.15, 0.2) is 0 Å². The lowest BCUT2D eigenvalue weighted by Crippen LogP contribution is -2.50. The van der Waals surface area contributed by atoms with Crippen LogP contribution >= 0.6 is 0 Å². The van der Waals surface area contributed by atoms with Crippen LogP contribution in [0.25, 0.3) is 11.0 Å². The van der Waals surface area contributed by atoms with Gasteiger partial charge in [-0.1, -0.05) is 35.5 Å². The number of aromatic nitrogens is 3. The number of carbonyl (C=O) groups excluding carboxylic acids is 3. The van der Waals surface area contributed by atoms with Crippen molar-refractivity contribution in [2.24, 2.45) is 0 Å². The van der Waals surface area contributed by atoms with Gasteiger partial charge in [0.05, 0.1) is 5.52 Å². The number of nitrogens with zero attached hydrogens (tertiary/aromatic N) is 4. The summed E-state index contributed by atoms with van der Waals surface area (Å²) in [6, 6.07) is 18.2. The highest BCUT2D eigenvalue weighted by molar-refractivity contribution is 6.02. The van der Waals surface area contributed by atoms with Crippen LogP contribution < -0.4 is 15.5 Å². The van der Waals surface area contributed by atoms with Gasteiger partial charge in [0.2, 0.25) is 17.7 Å². The van der Waals surface area contributed by atoms with Crippen LogP contribution in [0, 0.1) is 5.82 Å². The van der Waals surface area contributed by atoms with Crippen molar-refractivity contribution in [3.05, 3.63) is 84.2 Å². The third kappa shape index (κ3) is 6.03. The van der Waals surface area contributed by atoms with Crippen LogP contribution in [0.15, 0.2) is 72.8 Å². The summed E-state index contributed by atoms with van der Waals surface area (Å²) >= 11 is 0. The Kier molecular flexibility index (Phi) is 7.52. The van der Waals surface area contributed by atoms with Crippen molar-refractivity contribution in [3.63, 3.8) is 0 Å². The van der Waals surface area contributed by atoms with E-state index < -0.39 is 29.2 Å². The van der Waals surface area contributed by atoms with Crippen molar-refractivity contribution >= 4 is 40.1 Å². The summed E-state index contributed by atoms with van der Waals surface area (Å²) in [5.74, 6) is -1.94. The molecule has 0 saturated carbocycles. The highest BCUT2D eigenvalue weighted by Gasteiger charge is 2.36. The fraction of sp³-hybridized carbons (Fsp3) is 0.250. The van der Waals surface area contributed by atoms with Gasteiger partial charge in [-0.2, -0.15) is 0 Å². The molecule has 2 N–H and O–H groups in total. The average molecular weight is 517 g/mol. The van der Waals surface area contributed by atoms with Crippen LogP contribution in [-0.2, 0) is 20.9 Å². The quantitative estimate of drug-likeness (QED) is 0.382. The molecule has 3 amide bonds. The largest absolute Gasteiger partial charge is 0.349 e. The fourth-order valence-electron chi connectivity index (χ4n) is 4.12. The van der Waals surface area contributed by atoms with Gasteiger partial charge in [0, 0.05) is 29.4 Å². The average Bonchev–Trinajstić information content (AvgIpc) is 3.25. The number of anilines is 2. The molecule has 1 heterocycles. The Hall–Kier alpha value is -4.60. The van der Waals surface area contributed by atoms with E-state index in [-0.39, 0.29) is 18.0 Å². The molecule has 0 aliphatic rings. The van der Waals surface area contributed by atoms with Gasteiger partial charge in [-0.25, -0.2) is 9.07 Å². The zero-order valence-electron chi connectivity index (χ0n) is 21.6. The van der Waals surface area contributed by atoms with Crippen molar-refractivity contribution < 1.29 is 18.8 Å². The molecule has 1 aromatic heterocycles. The minimum absolute atomic E-state index is 0.0389. The Labute approximate surface area is 219 Å². The molecule has 0 unspecified atom stereocenters. The van der Waals surface area contributed by atoms with Crippen LogP contribution in [0.4, 0.5) is 15.8 Å². The minimum Gasteiger partial charge on any atom is -0.349 e. The molecule has 0 fully saturated rings. The first-order chi connectivity index (χ1) is 18.0. The van der Waals surface area contributed by atoms with E-state index >= 15 is 4.39 Å². The second kappa shape index (κ2) is 10.8. The number of amides is 3. The first kappa shape index (κ1) is 26.5. The molecule has 10 heteroatoms. The van der Waals surface area contributed by atoms with E-state index in [1.165, 1.54) is 34.7 Å². The number of carbonyl (C=O) groups is 3. The van der Waals surface area contributed by atoms with E-state index in [1.54, 1.807) is 63.2 Å². The molecule has 3 aromatic carbocycles. The summed E-state index contributed by atoms with van der Waals surface area (Å²) in [4.78, 5) is 40.4. The molecule has 0 aliphatic carbocycles. The van der Waals surface area contributed by atoms with Crippen LogP contribution in [0.2, 0.25) is 0 Å². The Balaban J connectivity index is 1.83. The second-order valence-corrected chi connectivity index (χ2v) is 9.89. The van der Waals surface area contributed by atoms with Crippen LogP contribution in [0.3, 0.4) is 0 Å². The molecule has 0 bridgehead atoms. The van der Waals surface area contributed by atoms with Crippen molar-refractivity contribution in [3.8, 4) is 0 Å². The zero-order valence-corrected chi connectivity index (χ0v) is 21.6. The van der Waals surface area contributed by atoms with Crippen LogP contribution in [0.5, 0.6) is 0 Å². The van der Waals surface area contributed by atoms with E-state index in [9.17, 15) is 14.4 Å². The SMILES string of the molecule is CC(=O)Nc1ccc(N(C(=O)Cn2nnc3ccccc32)[C@@H](C(=O)NC(C)(C)C)c2ccccc2F)cc1. The van der Waals surface area contributed by atoms with Crippen molar-refractivity contribution in [1.82, 2.24) is 20.3 Å². The molecule has 4 aromatic rings. The van der Waals surface area contributed by atoms with Gasteiger partial charge in [-0.3, -0.25) is 19.3 Å². The van der Waals surface area contributed by atoms with Crippen LogP contribution in [0.1, 0.15) is 39.3 Å². The monoisotopic (exact) mass is 516 g/mol. The van der Waals surface area contributed by atoms with Gasteiger partial charge >= 0.3 is 0 Å². The predicted molar refractivity (Wildman–Crippen MR) is 143 cm³/mol. The Morgan fingerprint density at radius 1 is 0.974 bits per heavy atom. The number of fused-ring (bicyclic) bond motifs is 1.